The van der Waals surface area contributed by atoms with Crippen molar-refractivity contribution in [1.82, 2.24) is 4.90 Å². The van der Waals surface area contributed by atoms with Crippen molar-refractivity contribution >= 4 is 5.91 Å². The average molecular weight is 199 g/mol. The first-order chi connectivity index (χ1) is 6.55. The molecule has 0 atom stereocenters. The van der Waals surface area contributed by atoms with Gasteiger partial charge >= 0.3 is 0 Å². The highest BCUT2D eigenvalue weighted by Gasteiger charge is 2.31. The summed E-state index contributed by atoms with van der Waals surface area (Å²) in [6.07, 6.45) is 3.25. The molecule has 0 radical (unpaired) electrons. The van der Waals surface area contributed by atoms with Crippen LogP contribution in [0.4, 0.5) is 0 Å². The van der Waals surface area contributed by atoms with Crippen molar-refractivity contribution in [2.45, 2.75) is 39.5 Å². The van der Waals surface area contributed by atoms with E-state index in [-0.39, 0.29) is 12.5 Å². The Bertz CT molecular complexity index is 201. The lowest BCUT2D eigenvalue weighted by Gasteiger charge is -2.19. The predicted molar refractivity (Wildman–Crippen MR) is 55.9 cm³/mol. The normalized spacial score (nSPS) is 20.1. The van der Waals surface area contributed by atoms with Crippen LogP contribution < -0.4 is 0 Å². The lowest BCUT2D eigenvalue weighted by Crippen LogP contribution is -2.29. The van der Waals surface area contributed by atoms with Gasteiger partial charge in [-0.05, 0) is 24.7 Å². The monoisotopic (exact) mass is 199 g/mol. The number of aliphatic hydroxyl groups excluding tert-OH is 1. The van der Waals surface area contributed by atoms with Gasteiger partial charge in [-0.1, -0.05) is 13.8 Å². The molecule has 1 N–H and O–H groups in total. The number of carbonyl (C=O) groups is 1. The number of hydrogen-bond donors (Lipinski definition) is 1. The van der Waals surface area contributed by atoms with E-state index in [9.17, 15) is 4.79 Å². The Morgan fingerprint density at radius 2 is 2.14 bits per heavy atom. The topological polar surface area (TPSA) is 40.5 Å². The third-order valence-corrected chi connectivity index (χ3v) is 2.83. The molecule has 0 saturated carbocycles. The molecule has 1 heterocycles. The zero-order chi connectivity index (χ0) is 10.6. The third-order valence-electron chi connectivity index (χ3n) is 2.83. The van der Waals surface area contributed by atoms with E-state index >= 15 is 0 Å². The molecule has 1 rings (SSSR count). The fraction of sp³-hybridized carbons (Fsp3) is 0.909. The summed E-state index contributed by atoms with van der Waals surface area (Å²) < 4.78 is 0. The zero-order valence-corrected chi connectivity index (χ0v) is 9.25. The molecule has 0 spiro atoms. The Hall–Kier alpha value is -0.570. The Balaban J connectivity index is 2.25. The fourth-order valence-corrected chi connectivity index (χ4v) is 1.87. The van der Waals surface area contributed by atoms with Gasteiger partial charge in [0.15, 0.2) is 0 Å². The van der Waals surface area contributed by atoms with Gasteiger partial charge in [0.05, 0.1) is 0 Å². The molecular formula is C11H21NO2. The van der Waals surface area contributed by atoms with Crippen LogP contribution in [0.5, 0.6) is 0 Å². The minimum atomic E-state index is 0.193. The number of hydrogen-bond acceptors (Lipinski definition) is 2. The van der Waals surface area contributed by atoms with Gasteiger partial charge in [-0.25, -0.2) is 0 Å². The first-order valence-electron chi connectivity index (χ1n) is 5.44. The van der Waals surface area contributed by atoms with Crippen molar-refractivity contribution in [2.24, 2.45) is 5.41 Å². The molecule has 3 heteroatoms. The molecule has 0 aromatic heterocycles. The smallest absolute Gasteiger partial charge is 0.222 e. The van der Waals surface area contributed by atoms with E-state index in [1.807, 2.05) is 4.90 Å². The van der Waals surface area contributed by atoms with Crippen LogP contribution in [-0.4, -0.2) is 35.6 Å². The van der Waals surface area contributed by atoms with E-state index < -0.39 is 0 Å². The van der Waals surface area contributed by atoms with E-state index in [0.717, 1.165) is 32.4 Å². The van der Waals surface area contributed by atoms with Gasteiger partial charge in [0.1, 0.15) is 0 Å². The highest BCUT2D eigenvalue weighted by Crippen LogP contribution is 2.29. The largest absolute Gasteiger partial charge is 0.396 e. The van der Waals surface area contributed by atoms with Crippen LogP contribution in [0.1, 0.15) is 39.5 Å². The summed E-state index contributed by atoms with van der Waals surface area (Å²) in [7, 11) is 0. The van der Waals surface area contributed by atoms with Crippen LogP contribution in [0.2, 0.25) is 0 Å². The van der Waals surface area contributed by atoms with E-state index in [1.54, 1.807) is 0 Å². The van der Waals surface area contributed by atoms with E-state index in [2.05, 4.69) is 13.8 Å². The maximum Gasteiger partial charge on any atom is 0.222 e. The standard InChI is InChI=1S/C11H21NO2/c1-11(2)6-7-12(9-11)10(14)5-3-4-8-13/h13H,3-9H2,1-2H3. The minimum absolute atomic E-state index is 0.193. The molecule has 0 unspecified atom stereocenters. The molecule has 1 amide bonds. The number of nitrogens with zero attached hydrogens (tertiary/aromatic N) is 1. The van der Waals surface area contributed by atoms with Gasteiger partial charge < -0.3 is 10.0 Å². The Morgan fingerprint density at radius 1 is 1.43 bits per heavy atom. The van der Waals surface area contributed by atoms with Crippen molar-refractivity contribution in [2.75, 3.05) is 19.7 Å². The molecule has 1 fully saturated rings. The second-order valence-electron chi connectivity index (χ2n) is 4.91. The molecule has 82 valence electrons. The number of rotatable bonds is 4. The summed E-state index contributed by atoms with van der Waals surface area (Å²) in [6, 6.07) is 0. The molecule has 1 aliphatic rings. The molecule has 14 heavy (non-hydrogen) atoms. The molecule has 1 aliphatic heterocycles. The molecule has 0 aliphatic carbocycles. The van der Waals surface area contributed by atoms with Gasteiger partial charge in [0, 0.05) is 26.1 Å². The van der Waals surface area contributed by atoms with Crippen LogP contribution >= 0.6 is 0 Å². The van der Waals surface area contributed by atoms with E-state index in [4.69, 9.17) is 5.11 Å². The minimum Gasteiger partial charge on any atom is -0.396 e. The van der Waals surface area contributed by atoms with Gasteiger partial charge in [0.2, 0.25) is 5.91 Å². The number of amides is 1. The average Bonchev–Trinajstić information content (AvgIpc) is 2.46. The van der Waals surface area contributed by atoms with Crippen LogP contribution in [0.25, 0.3) is 0 Å². The predicted octanol–water partition coefficient (Wildman–Crippen LogP) is 1.41. The first kappa shape index (κ1) is 11.5. The SMILES string of the molecule is CC1(C)CCN(C(=O)CCCCO)C1. The maximum atomic E-state index is 11.7. The second-order valence-corrected chi connectivity index (χ2v) is 4.91. The summed E-state index contributed by atoms with van der Waals surface area (Å²) in [5, 5.41) is 8.60. The van der Waals surface area contributed by atoms with Crippen LogP contribution in [0.15, 0.2) is 0 Å². The summed E-state index contributed by atoms with van der Waals surface area (Å²) in [4.78, 5) is 13.6. The number of carbonyl (C=O) groups excluding carboxylic acids is 1. The summed E-state index contributed by atoms with van der Waals surface area (Å²) in [6.45, 7) is 6.40. The molecule has 3 nitrogen and oxygen atoms in total. The molecule has 1 saturated heterocycles. The molecule has 0 aromatic rings. The van der Waals surface area contributed by atoms with Crippen LogP contribution in [-0.2, 0) is 4.79 Å². The quantitative estimate of drug-likeness (QED) is 0.695. The van der Waals surface area contributed by atoms with Gasteiger partial charge in [0.25, 0.3) is 0 Å². The number of likely N-dealkylation sites (tertiary alicyclic amines) is 1. The van der Waals surface area contributed by atoms with E-state index in [0.29, 0.717) is 11.8 Å². The van der Waals surface area contributed by atoms with Crippen molar-refractivity contribution < 1.29 is 9.90 Å². The summed E-state index contributed by atoms with van der Waals surface area (Å²) in [5.41, 5.74) is 0.298. The Morgan fingerprint density at radius 3 is 2.64 bits per heavy atom. The maximum absolute atomic E-state index is 11.7. The molecule has 0 aromatic carbocycles. The lowest BCUT2D eigenvalue weighted by molar-refractivity contribution is -0.130. The highest BCUT2D eigenvalue weighted by molar-refractivity contribution is 5.76. The molecule has 0 bridgehead atoms. The fourth-order valence-electron chi connectivity index (χ4n) is 1.87. The number of aliphatic hydroxyl groups is 1. The van der Waals surface area contributed by atoms with Crippen LogP contribution in [0.3, 0.4) is 0 Å². The molecular weight excluding hydrogens is 178 g/mol. The third kappa shape index (κ3) is 3.29. The Labute approximate surface area is 86.1 Å². The lowest BCUT2D eigenvalue weighted by atomic mass is 9.93. The Kier molecular flexibility index (Phi) is 3.93. The highest BCUT2D eigenvalue weighted by atomic mass is 16.3. The van der Waals surface area contributed by atoms with Gasteiger partial charge in [-0.15, -0.1) is 0 Å². The van der Waals surface area contributed by atoms with E-state index in [1.165, 1.54) is 0 Å². The zero-order valence-electron chi connectivity index (χ0n) is 9.25. The summed E-state index contributed by atoms with van der Waals surface area (Å²) in [5.74, 6) is 0.254. The van der Waals surface area contributed by atoms with Gasteiger partial charge in [-0.2, -0.15) is 0 Å². The van der Waals surface area contributed by atoms with Gasteiger partial charge in [-0.3, -0.25) is 4.79 Å². The van der Waals surface area contributed by atoms with Crippen molar-refractivity contribution in [3.63, 3.8) is 0 Å². The van der Waals surface area contributed by atoms with Crippen molar-refractivity contribution in [3.05, 3.63) is 0 Å². The van der Waals surface area contributed by atoms with Crippen molar-refractivity contribution in [3.8, 4) is 0 Å². The van der Waals surface area contributed by atoms with Crippen LogP contribution in [0, 0.1) is 5.41 Å². The first-order valence-corrected chi connectivity index (χ1v) is 5.44. The van der Waals surface area contributed by atoms with Crippen molar-refractivity contribution in [1.29, 1.82) is 0 Å². The summed E-state index contributed by atoms with van der Waals surface area (Å²) >= 11 is 0. The second kappa shape index (κ2) is 4.78. The number of unbranched alkanes of at least 4 members (excludes halogenated alkanes) is 1.